The van der Waals surface area contributed by atoms with Crippen LogP contribution in [0, 0.1) is 19.8 Å². The van der Waals surface area contributed by atoms with Crippen molar-refractivity contribution in [2.45, 2.75) is 40.3 Å². The van der Waals surface area contributed by atoms with Crippen molar-refractivity contribution in [3.05, 3.63) is 47.3 Å². The Morgan fingerprint density at radius 1 is 1.16 bits per heavy atom. The van der Waals surface area contributed by atoms with Crippen LogP contribution in [-0.2, 0) is 11.3 Å². The molecule has 172 valence electrons. The molecule has 31 heavy (non-hydrogen) atoms. The highest BCUT2D eigenvalue weighted by Gasteiger charge is 2.23. The lowest BCUT2D eigenvalue weighted by atomic mass is 10.0. The average molecular weight is 540 g/mol. The number of halogens is 1. The van der Waals surface area contributed by atoms with E-state index in [0.29, 0.717) is 18.5 Å². The molecule has 2 N–H and O–H groups in total. The predicted octanol–water partition coefficient (Wildman–Crippen LogP) is 3.13. The Labute approximate surface area is 203 Å². The van der Waals surface area contributed by atoms with Gasteiger partial charge in [0, 0.05) is 45.0 Å². The van der Waals surface area contributed by atoms with Crippen molar-refractivity contribution in [3.8, 4) is 5.69 Å². The molecule has 0 saturated carbocycles. The number of aryl methyl sites for hydroxylation is 2. The molecule has 0 radical (unpaired) electrons. The molecule has 8 heteroatoms. The van der Waals surface area contributed by atoms with Crippen LogP contribution in [-0.4, -0.2) is 66.6 Å². The quantitative estimate of drug-likeness (QED) is 0.321. The van der Waals surface area contributed by atoms with E-state index < -0.39 is 0 Å². The zero-order valence-corrected chi connectivity index (χ0v) is 21.7. The van der Waals surface area contributed by atoms with Crippen LogP contribution in [0.15, 0.2) is 35.3 Å². The van der Waals surface area contributed by atoms with Crippen LogP contribution in [0.4, 0.5) is 0 Å². The summed E-state index contributed by atoms with van der Waals surface area (Å²) in [5, 5.41) is 11.6. The van der Waals surface area contributed by atoms with E-state index in [9.17, 15) is 0 Å². The van der Waals surface area contributed by atoms with Crippen molar-refractivity contribution in [2.24, 2.45) is 10.9 Å². The number of hydrogen-bond acceptors (Lipinski definition) is 4. The molecule has 1 aliphatic rings. The zero-order chi connectivity index (χ0) is 21.5. The number of nitrogens with one attached hydrogen (secondary N) is 2. The second-order valence-corrected chi connectivity index (χ2v) is 8.23. The van der Waals surface area contributed by atoms with Crippen molar-refractivity contribution in [1.82, 2.24) is 25.3 Å². The van der Waals surface area contributed by atoms with Gasteiger partial charge in [0.05, 0.1) is 24.6 Å². The Morgan fingerprint density at radius 3 is 2.48 bits per heavy atom. The number of ether oxygens (including phenoxy) is 1. The van der Waals surface area contributed by atoms with Crippen LogP contribution in [0.5, 0.6) is 0 Å². The highest BCUT2D eigenvalue weighted by Crippen LogP contribution is 2.17. The van der Waals surface area contributed by atoms with Gasteiger partial charge >= 0.3 is 0 Å². The first-order valence-corrected chi connectivity index (χ1v) is 10.9. The van der Waals surface area contributed by atoms with E-state index in [1.165, 1.54) is 5.56 Å². The van der Waals surface area contributed by atoms with E-state index in [0.717, 1.165) is 55.9 Å². The molecule has 1 aliphatic heterocycles. The first kappa shape index (κ1) is 25.6. The van der Waals surface area contributed by atoms with Crippen molar-refractivity contribution in [2.75, 3.05) is 39.9 Å². The molecule has 1 fully saturated rings. The van der Waals surface area contributed by atoms with Gasteiger partial charge in [-0.2, -0.15) is 5.10 Å². The Hall–Kier alpha value is -1.65. The smallest absolute Gasteiger partial charge is 0.191 e. The molecular formula is C23H37IN6O. The summed E-state index contributed by atoms with van der Waals surface area (Å²) in [6.07, 6.45) is 0. The molecule has 1 atom stereocenters. The lowest BCUT2D eigenvalue weighted by Gasteiger charge is -2.37. The summed E-state index contributed by atoms with van der Waals surface area (Å²) in [6, 6.07) is 10.9. The molecule has 2 aromatic rings. The zero-order valence-electron chi connectivity index (χ0n) is 19.4. The van der Waals surface area contributed by atoms with Crippen LogP contribution >= 0.6 is 24.0 Å². The van der Waals surface area contributed by atoms with Crippen LogP contribution in [0.25, 0.3) is 5.69 Å². The molecule has 0 aliphatic carbocycles. The van der Waals surface area contributed by atoms with Crippen molar-refractivity contribution >= 4 is 29.9 Å². The van der Waals surface area contributed by atoms with E-state index >= 15 is 0 Å². The maximum atomic E-state index is 5.52. The van der Waals surface area contributed by atoms with Crippen molar-refractivity contribution in [3.63, 3.8) is 0 Å². The second kappa shape index (κ2) is 12.4. The number of benzene rings is 1. The Kier molecular flexibility index (Phi) is 10.2. The maximum absolute atomic E-state index is 5.52. The third-order valence-corrected chi connectivity index (χ3v) is 5.66. The number of hydrogen-bond donors (Lipinski definition) is 2. The number of para-hydroxylation sites is 1. The molecule has 0 amide bonds. The fraction of sp³-hybridized carbons (Fsp3) is 0.565. The first-order valence-electron chi connectivity index (χ1n) is 10.9. The van der Waals surface area contributed by atoms with Crippen LogP contribution in [0.1, 0.15) is 30.8 Å². The normalized spacial score (nSPS) is 16.1. The molecule has 1 unspecified atom stereocenters. The molecular weight excluding hydrogens is 503 g/mol. The topological polar surface area (TPSA) is 66.7 Å². The number of guanidine groups is 1. The van der Waals surface area contributed by atoms with E-state index in [1.54, 1.807) is 0 Å². The van der Waals surface area contributed by atoms with Gasteiger partial charge in [0.15, 0.2) is 5.96 Å². The minimum absolute atomic E-state index is 0. The minimum atomic E-state index is 0. The summed E-state index contributed by atoms with van der Waals surface area (Å²) in [4.78, 5) is 6.95. The lowest BCUT2D eigenvalue weighted by molar-refractivity contribution is 0.00752. The fourth-order valence-corrected chi connectivity index (χ4v) is 4.04. The number of rotatable bonds is 7. The highest BCUT2D eigenvalue weighted by atomic mass is 127. The van der Waals surface area contributed by atoms with Gasteiger partial charge in [-0.1, -0.05) is 32.0 Å². The summed E-state index contributed by atoms with van der Waals surface area (Å²) in [6.45, 7) is 13.8. The van der Waals surface area contributed by atoms with E-state index in [-0.39, 0.29) is 24.0 Å². The standard InChI is InChI=1S/C23H36N6O.HI/c1-17(2)22(28-10-12-30-13-11-28)16-26-23(24-5)25-15-20-8-6-7-9-21(20)29-19(4)14-18(3)27-29;/h6-9,14,17,22H,10-13,15-16H2,1-5H3,(H2,24,25,26);1H. The van der Waals surface area contributed by atoms with Gasteiger partial charge in [-0.05, 0) is 37.5 Å². The van der Waals surface area contributed by atoms with Crippen molar-refractivity contribution in [1.29, 1.82) is 0 Å². The number of aliphatic imine (C=N–C) groups is 1. The molecule has 0 spiro atoms. The number of morpholine rings is 1. The third-order valence-electron chi connectivity index (χ3n) is 5.66. The second-order valence-electron chi connectivity index (χ2n) is 8.23. The van der Waals surface area contributed by atoms with Gasteiger partial charge in [-0.15, -0.1) is 24.0 Å². The molecule has 1 saturated heterocycles. The Morgan fingerprint density at radius 2 is 1.87 bits per heavy atom. The summed E-state index contributed by atoms with van der Waals surface area (Å²) < 4.78 is 7.53. The third kappa shape index (κ3) is 6.92. The molecule has 0 bridgehead atoms. The van der Waals surface area contributed by atoms with Gasteiger partial charge in [-0.3, -0.25) is 9.89 Å². The Bertz CT molecular complexity index is 844. The Balaban J connectivity index is 0.00000341. The monoisotopic (exact) mass is 540 g/mol. The van der Waals surface area contributed by atoms with Gasteiger partial charge in [-0.25, -0.2) is 4.68 Å². The maximum Gasteiger partial charge on any atom is 0.191 e. The molecule has 1 aromatic carbocycles. The molecule has 2 heterocycles. The van der Waals surface area contributed by atoms with Gasteiger partial charge < -0.3 is 15.4 Å². The summed E-state index contributed by atoms with van der Waals surface area (Å²) >= 11 is 0. The summed E-state index contributed by atoms with van der Waals surface area (Å²) in [7, 11) is 1.82. The summed E-state index contributed by atoms with van der Waals surface area (Å²) in [5.41, 5.74) is 4.43. The van der Waals surface area contributed by atoms with E-state index in [4.69, 9.17) is 4.74 Å². The predicted molar refractivity (Wildman–Crippen MR) is 138 cm³/mol. The largest absolute Gasteiger partial charge is 0.379 e. The SMILES string of the molecule is CN=C(NCc1ccccc1-n1nc(C)cc1C)NCC(C(C)C)N1CCOCC1.I. The molecule has 7 nitrogen and oxygen atoms in total. The summed E-state index contributed by atoms with van der Waals surface area (Å²) in [5.74, 6) is 1.37. The van der Waals surface area contributed by atoms with Crippen LogP contribution in [0.3, 0.4) is 0 Å². The van der Waals surface area contributed by atoms with E-state index in [2.05, 4.69) is 76.7 Å². The lowest BCUT2D eigenvalue weighted by Crippen LogP contribution is -2.52. The van der Waals surface area contributed by atoms with Crippen LogP contribution in [0.2, 0.25) is 0 Å². The van der Waals surface area contributed by atoms with Gasteiger partial charge in [0.2, 0.25) is 0 Å². The average Bonchev–Trinajstić information content (AvgIpc) is 3.09. The van der Waals surface area contributed by atoms with E-state index in [1.807, 2.05) is 18.7 Å². The molecule has 1 aromatic heterocycles. The number of nitrogens with zero attached hydrogens (tertiary/aromatic N) is 4. The molecule has 3 rings (SSSR count). The number of aromatic nitrogens is 2. The van der Waals surface area contributed by atoms with Crippen LogP contribution < -0.4 is 10.6 Å². The highest BCUT2D eigenvalue weighted by molar-refractivity contribution is 14.0. The van der Waals surface area contributed by atoms with Gasteiger partial charge in [0.25, 0.3) is 0 Å². The minimum Gasteiger partial charge on any atom is -0.379 e. The van der Waals surface area contributed by atoms with Crippen molar-refractivity contribution < 1.29 is 4.74 Å². The fourth-order valence-electron chi connectivity index (χ4n) is 4.04. The van der Waals surface area contributed by atoms with Gasteiger partial charge in [0.1, 0.15) is 0 Å². The first-order chi connectivity index (χ1) is 14.5.